The molecule has 7 heteroatoms. The standard InChI is InChI=1S/C18H21N3O3S/c1-13(14-5-3-2-4-6-14)20-18(22)12-21-10-9-15-11-16(25(19,23)24)7-8-17(15)21/h2-8,11,13H,9-10,12H2,1H3,(H,20,22)(H2,19,23,24). The Morgan fingerprint density at radius 2 is 1.96 bits per heavy atom. The highest BCUT2D eigenvalue weighted by atomic mass is 32.2. The summed E-state index contributed by atoms with van der Waals surface area (Å²) in [6, 6.07) is 14.5. The van der Waals surface area contributed by atoms with Crippen LogP contribution in [0.15, 0.2) is 53.4 Å². The average molecular weight is 359 g/mol. The number of carbonyl (C=O) groups is 1. The van der Waals surface area contributed by atoms with E-state index in [0.717, 1.165) is 16.8 Å². The first-order chi connectivity index (χ1) is 11.8. The number of carbonyl (C=O) groups excluding carboxylic acids is 1. The van der Waals surface area contributed by atoms with Crippen LogP contribution in [0.3, 0.4) is 0 Å². The van der Waals surface area contributed by atoms with E-state index in [1.807, 2.05) is 42.2 Å². The molecular weight excluding hydrogens is 338 g/mol. The van der Waals surface area contributed by atoms with Gasteiger partial charge in [-0.1, -0.05) is 30.3 Å². The van der Waals surface area contributed by atoms with Crippen LogP contribution >= 0.6 is 0 Å². The molecule has 3 N–H and O–H groups in total. The molecule has 0 spiro atoms. The van der Waals surface area contributed by atoms with Crippen LogP contribution < -0.4 is 15.4 Å². The highest BCUT2D eigenvalue weighted by molar-refractivity contribution is 7.89. The van der Waals surface area contributed by atoms with Crippen molar-refractivity contribution in [3.63, 3.8) is 0 Å². The quantitative estimate of drug-likeness (QED) is 0.848. The first-order valence-corrected chi connectivity index (χ1v) is 9.64. The normalized spacial score (nSPS) is 14.9. The number of nitrogens with zero attached hydrogens (tertiary/aromatic N) is 1. The predicted molar refractivity (Wildman–Crippen MR) is 96.7 cm³/mol. The largest absolute Gasteiger partial charge is 0.362 e. The Kier molecular flexibility index (Phi) is 4.78. The highest BCUT2D eigenvalue weighted by Gasteiger charge is 2.23. The molecule has 0 saturated carbocycles. The molecular formula is C18H21N3O3S. The molecule has 1 atom stereocenters. The maximum atomic E-state index is 12.4. The van der Waals surface area contributed by atoms with E-state index in [-0.39, 0.29) is 23.4 Å². The lowest BCUT2D eigenvalue weighted by Gasteiger charge is -2.21. The van der Waals surface area contributed by atoms with E-state index in [0.29, 0.717) is 13.0 Å². The fraction of sp³-hybridized carbons (Fsp3) is 0.278. The van der Waals surface area contributed by atoms with Crippen LogP contribution in [0.1, 0.15) is 24.1 Å². The number of sulfonamides is 1. The van der Waals surface area contributed by atoms with E-state index >= 15 is 0 Å². The zero-order valence-electron chi connectivity index (χ0n) is 14.0. The molecule has 0 bridgehead atoms. The van der Waals surface area contributed by atoms with Gasteiger partial charge in [-0.15, -0.1) is 0 Å². The lowest BCUT2D eigenvalue weighted by atomic mass is 10.1. The second-order valence-electron chi connectivity index (χ2n) is 6.21. The number of hydrogen-bond acceptors (Lipinski definition) is 4. The summed E-state index contributed by atoms with van der Waals surface area (Å²) in [5.74, 6) is -0.0697. The predicted octanol–water partition coefficient (Wildman–Crippen LogP) is 1.57. The Labute approximate surface area is 147 Å². The first-order valence-electron chi connectivity index (χ1n) is 8.09. The first kappa shape index (κ1) is 17.4. The molecule has 0 saturated heterocycles. The lowest BCUT2D eigenvalue weighted by molar-refractivity contribution is -0.120. The molecule has 1 aliphatic heterocycles. The van der Waals surface area contributed by atoms with E-state index in [2.05, 4.69) is 5.32 Å². The van der Waals surface area contributed by atoms with Crippen LogP contribution in [0.2, 0.25) is 0 Å². The molecule has 1 amide bonds. The van der Waals surface area contributed by atoms with Crippen molar-refractivity contribution in [1.82, 2.24) is 5.32 Å². The molecule has 25 heavy (non-hydrogen) atoms. The Hall–Kier alpha value is -2.38. The average Bonchev–Trinajstić information content (AvgIpc) is 2.97. The third kappa shape index (κ3) is 4.00. The van der Waals surface area contributed by atoms with Crippen LogP contribution in [-0.2, 0) is 21.2 Å². The zero-order chi connectivity index (χ0) is 18.0. The molecule has 2 aromatic rings. The second-order valence-corrected chi connectivity index (χ2v) is 7.77. The van der Waals surface area contributed by atoms with Crippen molar-refractivity contribution in [3.8, 4) is 0 Å². The smallest absolute Gasteiger partial charge is 0.239 e. The van der Waals surface area contributed by atoms with E-state index in [1.54, 1.807) is 12.1 Å². The topological polar surface area (TPSA) is 92.5 Å². The van der Waals surface area contributed by atoms with Gasteiger partial charge >= 0.3 is 0 Å². The Balaban J connectivity index is 1.67. The third-order valence-corrected chi connectivity index (χ3v) is 5.29. The molecule has 3 rings (SSSR count). The third-order valence-electron chi connectivity index (χ3n) is 4.38. The number of anilines is 1. The summed E-state index contributed by atoms with van der Waals surface area (Å²) in [7, 11) is -3.71. The summed E-state index contributed by atoms with van der Waals surface area (Å²) >= 11 is 0. The van der Waals surface area contributed by atoms with Crippen molar-refractivity contribution in [2.24, 2.45) is 5.14 Å². The summed E-state index contributed by atoms with van der Waals surface area (Å²) in [5, 5.41) is 8.16. The van der Waals surface area contributed by atoms with Crippen molar-refractivity contribution in [2.75, 3.05) is 18.0 Å². The number of nitrogens with one attached hydrogen (secondary N) is 1. The van der Waals surface area contributed by atoms with Gasteiger partial charge in [0, 0.05) is 12.2 Å². The van der Waals surface area contributed by atoms with E-state index in [1.165, 1.54) is 6.07 Å². The Morgan fingerprint density at radius 3 is 2.64 bits per heavy atom. The van der Waals surface area contributed by atoms with Crippen molar-refractivity contribution < 1.29 is 13.2 Å². The summed E-state index contributed by atoms with van der Waals surface area (Å²) < 4.78 is 22.9. The zero-order valence-corrected chi connectivity index (χ0v) is 14.8. The molecule has 1 unspecified atom stereocenters. The number of primary sulfonamides is 1. The van der Waals surface area contributed by atoms with Crippen molar-refractivity contribution in [1.29, 1.82) is 0 Å². The van der Waals surface area contributed by atoms with Gasteiger partial charge in [0.2, 0.25) is 15.9 Å². The molecule has 2 aromatic carbocycles. The number of amides is 1. The van der Waals surface area contributed by atoms with Crippen LogP contribution in [0, 0.1) is 0 Å². The van der Waals surface area contributed by atoms with Gasteiger partial charge in [-0.05, 0) is 42.7 Å². The van der Waals surface area contributed by atoms with Crippen molar-refractivity contribution in [2.45, 2.75) is 24.3 Å². The van der Waals surface area contributed by atoms with Crippen LogP contribution in [0.4, 0.5) is 5.69 Å². The summed E-state index contributed by atoms with van der Waals surface area (Å²) in [6.07, 6.45) is 0.695. The minimum absolute atomic E-state index is 0.0690. The molecule has 0 fully saturated rings. The minimum atomic E-state index is -3.71. The van der Waals surface area contributed by atoms with Gasteiger partial charge < -0.3 is 10.2 Å². The number of rotatable bonds is 5. The van der Waals surface area contributed by atoms with Gasteiger partial charge in [-0.2, -0.15) is 0 Å². The van der Waals surface area contributed by atoms with Crippen LogP contribution in [0.5, 0.6) is 0 Å². The van der Waals surface area contributed by atoms with E-state index in [9.17, 15) is 13.2 Å². The molecule has 0 aliphatic carbocycles. The SMILES string of the molecule is CC(NC(=O)CN1CCc2cc(S(N)(=O)=O)ccc21)c1ccccc1. The van der Waals surface area contributed by atoms with Gasteiger partial charge in [0.05, 0.1) is 17.5 Å². The van der Waals surface area contributed by atoms with Gasteiger partial charge in [-0.3, -0.25) is 4.79 Å². The summed E-state index contributed by atoms with van der Waals surface area (Å²) in [5.41, 5.74) is 2.83. The minimum Gasteiger partial charge on any atom is -0.362 e. The summed E-state index contributed by atoms with van der Waals surface area (Å²) in [4.78, 5) is 14.4. The lowest BCUT2D eigenvalue weighted by Crippen LogP contribution is -2.37. The molecule has 0 radical (unpaired) electrons. The molecule has 132 valence electrons. The Morgan fingerprint density at radius 1 is 1.24 bits per heavy atom. The monoisotopic (exact) mass is 359 g/mol. The van der Waals surface area contributed by atoms with Crippen LogP contribution in [0.25, 0.3) is 0 Å². The van der Waals surface area contributed by atoms with E-state index < -0.39 is 10.0 Å². The van der Waals surface area contributed by atoms with Crippen molar-refractivity contribution in [3.05, 3.63) is 59.7 Å². The number of nitrogens with two attached hydrogens (primary N) is 1. The Bertz CT molecular complexity index is 882. The second kappa shape index (κ2) is 6.85. The fourth-order valence-electron chi connectivity index (χ4n) is 3.07. The maximum absolute atomic E-state index is 12.4. The fourth-order valence-corrected chi connectivity index (χ4v) is 3.64. The molecule has 6 nitrogen and oxygen atoms in total. The van der Waals surface area contributed by atoms with Crippen molar-refractivity contribution >= 4 is 21.6 Å². The highest BCUT2D eigenvalue weighted by Crippen LogP contribution is 2.29. The molecule has 0 aromatic heterocycles. The van der Waals surface area contributed by atoms with Gasteiger partial charge in [0.15, 0.2) is 0 Å². The van der Waals surface area contributed by atoms with Crippen LogP contribution in [-0.4, -0.2) is 27.4 Å². The van der Waals surface area contributed by atoms with Gasteiger partial charge in [-0.25, -0.2) is 13.6 Å². The number of benzene rings is 2. The molecule has 1 aliphatic rings. The van der Waals surface area contributed by atoms with Gasteiger partial charge in [0.25, 0.3) is 0 Å². The summed E-state index contributed by atoms with van der Waals surface area (Å²) in [6.45, 7) is 2.86. The van der Waals surface area contributed by atoms with E-state index in [4.69, 9.17) is 5.14 Å². The maximum Gasteiger partial charge on any atom is 0.239 e. The number of fused-ring (bicyclic) bond motifs is 1. The molecule has 1 heterocycles. The van der Waals surface area contributed by atoms with Gasteiger partial charge in [0.1, 0.15) is 0 Å². The number of hydrogen-bond donors (Lipinski definition) is 2.